The molecule has 8 nitrogen and oxygen atoms in total. The molecule has 0 aliphatic heterocycles. The van der Waals surface area contributed by atoms with Gasteiger partial charge in [-0.05, 0) is 30.7 Å². The molecule has 0 unspecified atom stereocenters. The fraction of sp³-hybridized carbons (Fsp3) is 0.118. The summed E-state index contributed by atoms with van der Waals surface area (Å²) in [6, 6.07) is 10.6. The lowest BCUT2D eigenvalue weighted by Gasteiger charge is -2.09. The number of aromatic nitrogens is 4. The number of nitrogens with one attached hydrogen (secondary N) is 1. The van der Waals surface area contributed by atoms with E-state index in [9.17, 15) is 4.79 Å². The molecular weight excluding hydrogens is 356 g/mol. The molecule has 26 heavy (non-hydrogen) atoms. The topological polar surface area (TPSA) is 116 Å². The molecule has 9 heteroatoms. The van der Waals surface area contributed by atoms with E-state index in [1.165, 1.54) is 18.3 Å². The Morgan fingerprint density at radius 2 is 2.04 bits per heavy atom. The fourth-order valence-corrected chi connectivity index (χ4v) is 2.31. The third-order valence-electron chi connectivity index (χ3n) is 3.39. The van der Waals surface area contributed by atoms with Crippen LogP contribution < -0.4 is 11.1 Å². The van der Waals surface area contributed by atoms with Crippen LogP contribution in [0.15, 0.2) is 42.6 Å². The molecule has 0 atom stereocenters. The predicted octanol–water partition coefficient (Wildman–Crippen LogP) is 2.91. The van der Waals surface area contributed by atoms with E-state index in [0.717, 1.165) is 11.3 Å². The van der Waals surface area contributed by atoms with Crippen molar-refractivity contribution in [2.24, 2.45) is 0 Å². The fourth-order valence-electron chi connectivity index (χ4n) is 2.13. The van der Waals surface area contributed by atoms with Crippen molar-refractivity contribution in [3.63, 3.8) is 0 Å². The van der Waals surface area contributed by atoms with Crippen LogP contribution in [-0.4, -0.2) is 25.9 Å². The first-order chi connectivity index (χ1) is 12.5. The summed E-state index contributed by atoms with van der Waals surface area (Å²) in [4.78, 5) is 28.1. The minimum atomic E-state index is -0.568. The van der Waals surface area contributed by atoms with Crippen LogP contribution in [0.3, 0.4) is 0 Å². The Bertz CT molecular complexity index is 950. The highest BCUT2D eigenvalue weighted by molar-refractivity contribution is 6.29. The average molecular weight is 371 g/mol. The number of esters is 1. The minimum Gasteiger partial charge on any atom is -0.454 e. The second-order valence-corrected chi connectivity index (χ2v) is 5.70. The van der Waals surface area contributed by atoms with Crippen LogP contribution in [-0.2, 0) is 11.3 Å². The van der Waals surface area contributed by atoms with Crippen LogP contribution in [0.2, 0.25) is 5.15 Å². The van der Waals surface area contributed by atoms with Crippen molar-refractivity contribution in [2.45, 2.75) is 13.5 Å². The van der Waals surface area contributed by atoms with Crippen molar-refractivity contribution in [3.8, 4) is 0 Å². The molecule has 3 aromatic rings. The third kappa shape index (κ3) is 4.42. The van der Waals surface area contributed by atoms with Gasteiger partial charge in [-0.1, -0.05) is 29.8 Å². The zero-order valence-corrected chi connectivity index (χ0v) is 14.6. The summed E-state index contributed by atoms with van der Waals surface area (Å²) < 4.78 is 5.19. The van der Waals surface area contributed by atoms with E-state index in [1.54, 1.807) is 0 Å². The largest absolute Gasteiger partial charge is 0.454 e. The average Bonchev–Trinajstić information content (AvgIpc) is 2.61. The van der Waals surface area contributed by atoms with Crippen LogP contribution in [0, 0.1) is 6.92 Å². The Morgan fingerprint density at radius 1 is 1.23 bits per heavy atom. The van der Waals surface area contributed by atoms with Crippen molar-refractivity contribution in [2.75, 3.05) is 11.1 Å². The lowest BCUT2D eigenvalue weighted by molar-refractivity contribution is 0.0462. The molecule has 0 saturated heterocycles. The van der Waals surface area contributed by atoms with Crippen LogP contribution in [0.5, 0.6) is 0 Å². The number of anilines is 3. The zero-order chi connectivity index (χ0) is 18.5. The molecule has 0 spiro atoms. The Hall–Kier alpha value is -3.26. The van der Waals surface area contributed by atoms with E-state index in [1.807, 2.05) is 31.2 Å². The quantitative estimate of drug-likeness (QED) is 0.520. The third-order valence-corrected chi connectivity index (χ3v) is 3.59. The molecule has 2 heterocycles. The van der Waals surface area contributed by atoms with Crippen molar-refractivity contribution >= 4 is 35.2 Å². The second kappa shape index (κ2) is 7.75. The van der Waals surface area contributed by atoms with Gasteiger partial charge in [0.05, 0.1) is 5.56 Å². The summed E-state index contributed by atoms with van der Waals surface area (Å²) in [7, 11) is 0. The SMILES string of the molecule is Cc1ccccc1Nc1nc(N)nc(COC(=O)c2ccnc(Cl)c2)n1. The first-order valence-electron chi connectivity index (χ1n) is 7.63. The molecule has 1 aromatic carbocycles. The van der Waals surface area contributed by atoms with Gasteiger partial charge in [0.1, 0.15) is 5.15 Å². The number of rotatable bonds is 5. The van der Waals surface area contributed by atoms with Gasteiger partial charge in [0.25, 0.3) is 0 Å². The van der Waals surface area contributed by atoms with E-state index in [0.29, 0.717) is 0 Å². The van der Waals surface area contributed by atoms with E-state index < -0.39 is 5.97 Å². The smallest absolute Gasteiger partial charge is 0.338 e. The van der Waals surface area contributed by atoms with Crippen LogP contribution in [0.4, 0.5) is 17.6 Å². The van der Waals surface area contributed by atoms with E-state index in [2.05, 4.69) is 25.3 Å². The Morgan fingerprint density at radius 3 is 2.81 bits per heavy atom. The molecule has 0 bridgehead atoms. The molecule has 0 amide bonds. The van der Waals surface area contributed by atoms with Crippen LogP contribution >= 0.6 is 11.6 Å². The van der Waals surface area contributed by atoms with Crippen LogP contribution in [0.1, 0.15) is 21.7 Å². The van der Waals surface area contributed by atoms with Gasteiger partial charge in [-0.25, -0.2) is 9.78 Å². The standard InChI is InChI=1S/C17H15ClN6O2/c1-10-4-2-3-5-12(10)21-17-23-14(22-16(19)24-17)9-26-15(25)11-6-7-20-13(18)8-11/h2-8H,9H2,1H3,(H3,19,21,22,23,24). The highest BCUT2D eigenvalue weighted by atomic mass is 35.5. The Kier molecular flexibility index (Phi) is 5.23. The lowest BCUT2D eigenvalue weighted by Crippen LogP contribution is -2.11. The van der Waals surface area contributed by atoms with Crippen molar-refractivity contribution < 1.29 is 9.53 Å². The van der Waals surface area contributed by atoms with Crippen molar-refractivity contribution in [3.05, 3.63) is 64.7 Å². The zero-order valence-electron chi connectivity index (χ0n) is 13.8. The molecule has 0 fully saturated rings. The minimum absolute atomic E-state index is 0.0223. The summed E-state index contributed by atoms with van der Waals surface area (Å²) in [5.41, 5.74) is 7.87. The van der Waals surface area contributed by atoms with Gasteiger partial charge >= 0.3 is 5.97 Å². The number of halogens is 1. The lowest BCUT2D eigenvalue weighted by atomic mass is 10.2. The summed E-state index contributed by atoms with van der Waals surface area (Å²) >= 11 is 5.76. The maximum absolute atomic E-state index is 12.0. The summed E-state index contributed by atoms with van der Waals surface area (Å²) in [6.45, 7) is 1.80. The maximum Gasteiger partial charge on any atom is 0.338 e. The molecule has 0 radical (unpaired) electrons. The Balaban J connectivity index is 1.71. The molecule has 0 aliphatic rings. The second-order valence-electron chi connectivity index (χ2n) is 5.32. The molecule has 0 saturated carbocycles. The number of aryl methyl sites for hydroxylation is 1. The molecule has 132 valence electrons. The van der Waals surface area contributed by atoms with Gasteiger partial charge in [0.2, 0.25) is 11.9 Å². The van der Waals surface area contributed by atoms with Crippen molar-refractivity contribution in [1.82, 2.24) is 19.9 Å². The number of carbonyl (C=O) groups is 1. The van der Waals surface area contributed by atoms with Gasteiger partial charge in [-0.3, -0.25) is 0 Å². The molecule has 2 aromatic heterocycles. The normalized spacial score (nSPS) is 10.4. The van der Waals surface area contributed by atoms with Crippen molar-refractivity contribution in [1.29, 1.82) is 0 Å². The molecular formula is C17H15ClN6O2. The molecule has 0 aliphatic carbocycles. The summed E-state index contributed by atoms with van der Waals surface area (Å²) in [6.07, 6.45) is 1.42. The summed E-state index contributed by atoms with van der Waals surface area (Å²) in [5, 5.41) is 3.27. The van der Waals surface area contributed by atoms with E-state index in [4.69, 9.17) is 22.1 Å². The number of benzene rings is 1. The molecule has 3 N–H and O–H groups in total. The van der Waals surface area contributed by atoms with Crippen LogP contribution in [0.25, 0.3) is 0 Å². The van der Waals surface area contributed by atoms with Gasteiger partial charge in [-0.15, -0.1) is 0 Å². The number of hydrogen-bond donors (Lipinski definition) is 2. The monoisotopic (exact) mass is 370 g/mol. The highest BCUT2D eigenvalue weighted by Crippen LogP contribution is 2.18. The number of para-hydroxylation sites is 1. The van der Waals surface area contributed by atoms with Gasteiger partial charge in [0, 0.05) is 11.9 Å². The van der Waals surface area contributed by atoms with Gasteiger partial charge < -0.3 is 15.8 Å². The maximum atomic E-state index is 12.0. The first kappa shape index (κ1) is 17.6. The highest BCUT2D eigenvalue weighted by Gasteiger charge is 2.11. The van der Waals surface area contributed by atoms with E-state index in [-0.39, 0.29) is 35.0 Å². The van der Waals surface area contributed by atoms with E-state index >= 15 is 0 Å². The summed E-state index contributed by atoms with van der Waals surface area (Å²) in [5.74, 6) is -0.0531. The number of carbonyl (C=O) groups excluding carboxylic acids is 1. The number of ether oxygens (including phenoxy) is 1. The number of pyridine rings is 1. The Labute approximate surface area is 154 Å². The number of hydrogen-bond acceptors (Lipinski definition) is 8. The number of nitrogens with zero attached hydrogens (tertiary/aromatic N) is 4. The van der Waals surface area contributed by atoms with Gasteiger partial charge in [-0.2, -0.15) is 15.0 Å². The molecule has 3 rings (SSSR count). The number of nitrogens with two attached hydrogens (primary N) is 1. The predicted molar refractivity (Wildman–Crippen MR) is 97.1 cm³/mol. The number of nitrogen functional groups attached to an aromatic ring is 1. The first-order valence-corrected chi connectivity index (χ1v) is 8.01. The van der Waals surface area contributed by atoms with Gasteiger partial charge in [0.15, 0.2) is 12.4 Å².